The van der Waals surface area contributed by atoms with Crippen LogP contribution in [0.1, 0.15) is 61.8 Å². The van der Waals surface area contributed by atoms with E-state index in [1.54, 1.807) is 6.07 Å². The molecule has 9 aromatic carbocycles. The Morgan fingerprint density at radius 3 is 1.71 bits per heavy atom. The quantitative estimate of drug-likeness (QED) is 0.107. The Kier molecular flexibility index (Phi) is 14.3. The van der Waals surface area contributed by atoms with Crippen molar-refractivity contribution in [3.05, 3.63) is 222 Å². The molecular weight excluding hydrogens is 1160 g/mol. The number of nitrogens with zero attached hydrogens (tertiary/aromatic N) is 4. The second-order valence-corrected chi connectivity index (χ2v) is 31.7. The maximum absolute atomic E-state index is 13.3. The van der Waals surface area contributed by atoms with E-state index in [1.807, 2.05) is 30.3 Å². The zero-order valence-corrected chi connectivity index (χ0v) is 48.4. The Hall–Kier alpha value is -7.16. The molecular formula is C67H59FGeIrN4O-2. The van der Waals surface area contributed by atoms with Crippen molar-refractivity contribution in [3.63, 3.8) is 0 Å². The maximum atomic E-state index is 13.3. The molecule has 8 heteroatoms. The molecule has 0 saturated heterocycles. The van der Waals surface area contributed by atoms with Crippen LogP contribution in [0.3, 0.4) is 0 Å². The van der Waals surface area contributed by atoms with Crippen molar-refractivity contribution in [2.45, 2.75) is 70.6 Å². The third-order valence-electron chi connectivity index (χ3n) is 14.3. The van der Waals surface area contributed by atoms with Gasteiger partial charge in [-0.2, -0.15) is 0 Å². The van der Waals surface area contributed by atoms with Crippen LogP contribution in [-0.4, -0.2) is 32.4 Å². The van der Waals surface area contributed by atoms with Gasteiger partial charge in [-0.15, -0.1) is 42.0 Å². The van der Waals surface area contributed by atoms with Crippen LogP contribution in [0, 0.1) is 31.8 Å². The second-order valence-electron chi connectivity index (χ2n) is 21.1. The van der Waals surface area contributed by atoms with Crippen LogP contribution in [0.4, 0.5) is 4.39 Å². The molecule has 12 aromatic rings. The van der Waals surface area contributed by atoms with Crippen molar-refractivity contribution >= 4 is 61.7 Å². The molecule has 0 bridgehead atoms. The average Bonchev–Trinajstić information content (AvgIpc) is 4.10. The fraction of sp³-hybridized carbons (Fsp3) is 0.164. The molecule has 375 valence electrons. The van der Waals surface area contributed by atoms with Gasteiger partial charge in [-0.1, -0.05) is 84.2 Å². The van der Waals surface area contributed by atoms with E-state index in [4.69, 9.17) is 14.4 Å². The van der Waals surface area contributed by atoms with Gasteiger partial charge in [0.15, 0.2) is 0 Å². The minimum Gasteiger partial charge on any atom is -0.333 e. The van der Waals surface area contributed by atoms with E-state index in [1.165, 1.54) is 61.2 Å². The molecule has 0 N–H and O–H groups in total. The van der Waals surface area contributed by atoms with Crippen molar-refractivity contribution in [1.82, 2.24) is 19.1 Å². The standard InChI is InChI=1S/C46H43GeN2O.C21H16FN2.Ir/c1-29(2)39-26-34(32-20-23-35(24-21-32)47(5,6)7)27-40(30(3)4)44(39)49-42-19-12-11-18-41(42)48-46(49)38-17-13-16-37-36-25-22-33(28-43(36)50-45(37)38)31-14-9-8-10-15-31;1-14-6-5-7-15(2)20(14)24-19-9-4-3-8-18(19)23-21(24)16-10-12-17(22)13-11-16;/h8-16,18-30H,1-7H3;3-10,12-13H,1-2H3;/q2*-1;. The molecule has 75 heavy (non-hydrogen) atoms. The number of furan rings is 1. The summed E-state index contributed by atoms with van der Waals surface area (Å²) in [7, 11) is 0. The van der Waals surface area contributed by atoms with E-state index >= 15 is 0 Å². The first-order valence-electron chi connectivity index (χ1n) is 25.6. The van der Waals surface area contributed by atoms with Gasteiger partial charge in [0.2, 0.25) is 0 Å². The molecule has 0 unspecified atom stereocenters. The number of hydrogen-bond acceptors (Lipinski definition) is 3. The number of hydrogen-bond donors (Lipinski definition) is 0. The van der Waals surface area contributed by atoms with Crippen LogP contribution >= 0.6 is 0 Å². The van der Waals surface area contributed by atoms with Crippen molar-refractivity contribution in [1.29, 1.82) is 0 Å². The Balaban J connectivity index is 0.000000215. The van der Waals surface area contributed by atoms with E-state index in [0.717, 1.165) is 78.0 Å². The third-order valence-corrected chi connectivity index (χ3v) is 18.6. The van der Waals surface area contributed by atoms with Crippen LogP contribution in [0.5, 0.6) is 0 Å². The molecule has 0 atom stereocenters. The summed E-state index contributed by atoms with van der Waals surface area (Å²) in [5.74, 6) is 9.24. The van der Waals surface area contributed by atoms with Gasteiger partial charge < -0.3 is 8.98 Å². The topological polar surface area (TPSA) is 48.8 Å². The first-order valence-corrected chi connectivity index (χ1v) is 33.0. The normalized spacial score (nSPS) is 11.7. The smallest absolute Gasteiger partial charge is 0.0774 e. The van der Waals surface area contributed by atoms with E-state index in [0.29, 0.717) is 0 Å². The van der Waals surface area contributed by atoms with Crippen molar-refractivity contribution < 1.29 is 28.9 Å². The molecule has 3 aromatic heterocycles. The van der Waals surface area contributed by atoms with Crippen LogP contribution in [0.2, 0.25) is 17.3 Å². The van der Waals surface area contributed by atoms with Gasteiger partial charge in [-0.05, 0) is 54.3 Å². The Bertz CT molecular complexity index is 3980. The molecule has 0 fully saturated rings. The number of aryl methyl sites for hydroxylation is 2. The first kappa shape index (κ1) is 51.3. The molecule has 3 heterocycles. The van der Waals surface area contributed by atoms with Crippen molar-refractivity contribution in [2.75, 3.05) is 0 Å². The number of rotatable bonds is 9. The minimum absolute atomic E-state index is 0. The van der Waals surface area contributed by atoms with Crippen LogP contribution in [-0.2, 0) is 20.1 Å². The van der Waals surface area contributed by atoms with Gasteiger partial charge in [0.25, 0.3) is 0 Å². The largest absolute Gasteiger partial charge is 0.333 e. The van der Waals surface area contributed by atoms with Gasteiger partial charge in [0.1, 0.15) is 5.58 Å². The van der Waals surface area contributed by atoms with Gasteiger partial charge in [-0.3, -0.25) is 9.37 Å². The summed E-state index contributed by atoms with van der Waals surface area (Å²) in [5, 5.41) is 2.16. The summed E-state index contributed by atoms with van der Waals surface area (Å²) in [6.07, 6.45) is 0. The molecule has 0 amide bonds. The Morgan fingerprint density at radius 1 is 0.533 bits per heavy atom. The number of halogens is 1. The number of para-hydroxylation sites is 5. The summed E-state index contributed by atoms with van der Waals surface area (Å²) in [5.41, 5.74) is 19.4. The molecule has 0 aliphatic carbocycles. The Morgan fingerprint density at radius 2 is 1.11 bits per heavy atom. The molecule has 12 rings (SSSR count). The number of imidazole rings is 2. The van der Waals surface area contributed by atoms with Gasteiger partial charge in [0.05, 0.1) is 16.9 Å². The van der Waals surface area contributed by atoms with Crippen LogP contribution < -0.4 is 4.40 Å². The van der Waals surface area contributed by atoms with Gasteiger partial charge in [0, 0.05) is 37.0 Å². The van der Waals surface area contributed by atoms with E-state index in [9.17, 15) is 4.39 Å². The van der Waals surface area contributed by atoms with E-state index in [2.05, 4.69) is 214 Å². The molecule has 5 nitrogen and oxygen atoms in total. The molecule has 0 saturated carbocycles. The maximum Gasteiger partial charge on any atom is 0.0774 e. The average molecular weight is 1220 g/mol. The zero-order chi connectivity index (χ0) is 51.4. The van der Waals surface area contributed by atoms with Gasteiger partial charge >= 0.3 is 201 Å². The minimum atomic E-state index is -1.92. The summed E-state index contributed by atoms with van der Waals surface area (Å²) >= 11 is -1.92. The SMILES string of the molecule is CC(C)c1cc(-c2cc[c]([Ge]([CH3])([CH3])[CH3])cc2)cc(C(C)C)c1-n1c(-c2[c-]ccc3c2oc2cc(-c4ccccc4)ccc23)nc2ccccc21.Cc1cccc(C)c1-n1c(-c2[c-]cc(F)cc2)nc2ccccc21.[Ir]. The summed E-state index contributed by atoms with van der Waals surface area (Å²) < 4.78 is 26.1. The second kappa shape index (κ2) is 20.9. The summed E-state index contributed by atoms with van der Waals surface area (Å²) in [6.45, 7) is 13.4. The van der Waals surface area contributed by atoms with Crippen molar-refractivity contribution in [3.8, 4) is 56.4 Å². The molecule has 0 aliphatic rings. The summed E-state index contributed by atoms with van der Waals surface area (Å²) in [4.78, 5) is 10.1. The molecule has 1 radical (unpaired) electrons. The zero-order valence-electron chi connectivity index (χ0n) is 43.9. The molecule has 0 aliphatic heterocycles. The monoisotopic (exact) mass is 1220 g/mol. The first-order chi connectivity index (χ1) is 35.7. The number of fused-ring (bicyclic) bond motifs is 5. The van der Waals surface area contributed by atoms with Crippen LogP contribution in [0.25, 0.3) is 100 Å². The predicted molar refractivity (Wildman–Crippen MR) is 309 cm³/mol. The fourth-order valence-corrected chi connectivity index (χ4v) is 12.9. The van der Waals surface area contributed by atoms with Gasteiger partial charge in [-0.25, -0.2) is 0 Å². The fourth-order valence-electron chi connectivity index (χ4n) is 10.4. The van der Waals surface area contributed by atoms with Crippen molar-refractivity contribution in [2.24, 2.45) is 0 Å². The predicted octanol–water partition coefficient (Wildman–Crippen LogP) is 17.8. The Labute approximate surface area is 455 Å². The summed E-state index contributed by atoms with van der Waals surface area (Å²) in [6, 6.07) is 69.2. The number of benzene rings is 9. The van der Waals surface area contributed by atoms with Crippen LogP contribution in [0.15, 0.2) is 186 Å². The number of aromatic nitrogens is 4. The third kappa shape index (κ3) is 9.74. The molecule has 0 spiro atoms. The van der Waals surface area contributed by atoms with E-state index < -0.39 is 13.3 Å². The van der Waals surface area contributed by atoms with E-state index in [-0.39, 0.29) is 37.8 Å².